The van der Waals surface area contributed by atoms with Crippen LogP contribution in [0.4, 0.5) is 0 Å². The maximum Gasteiger partial charge on any atom is 0.353 e. The third-order valence-corrected chi connectivity index (χ3v) is 1.43. The predicted octanol–water partition coefficient (Wildman–Crippen LogP) is 2.07. The molecule has 1 rings (SSSR count). The third kappa shape index (κ3) is 8.19. The van der Waals surface area contributed by atoms with Gasteiger partial charge in [0.25, 0.3) is 0 Å². The molecule has 1 aromatic rings. The number of carbonyl (C=O) groups is 1. The molecule has 0 bridgehead atoms. The van der Waals surface area contributed by atoms with Crippen LogP contribution < -0.4 is 0 Å². The van der Waals surface area contributed by atoms with Gasteiger partial charge in [0.15, 0.2) is 0 Å². The summed E-state index contributed by atoms with van der Waals surface area (Å²) in [6.07, 6.45) is 0. The maximum atomic E-state index is 10.3. The molecule has 15 heavy (non-hydrogen) atoms. The van der Waals surface area contributed by atoms with Gasteiger partial charge in [0.05, 0.1) is 10.6 Å². The van der Waals surface area contributed by atoms with Crippen molar-refractivity contribution in [3.8, 4) is 0 Å². The summed E-state index contributed by atoms with van der Waals surface area (Å²) in [4.78, 5) is 10.3. The smallest absolute Gasteiger partial charge is 0.353 e. The van der Waals surface area contributed by atoms with Crippen LogP contribution in [0.3, 0.4) is 0 Å². The van der Waals surface area contributed by atoms with E-state index in [1.807, 2.05) is 0 Å². The summed E-state index contributed by atoms with van der Waals surface area (Å²) in [5, 5.41) is 8.75. The Balaban J connectivity index is 0.000000336. The van der Waals surface area contributed by atoms with Crippen molar-refractivity contribution in [1.29, 1.82) is 0 Å². The van der Waals surface area contributed by atoms with Gasteiger partial charge in [-0.3, -0.25) is 4.55 Å². The van der Waals surface area contributed by atoms with Crippen molar-refractivity contribution in [2.75, 3.05) is 0 Å². The van der Waals surface area contributed by atoms with E-state index in [4.69, 9.17) is 29.7 Å². The Bertz CT molecular complexity index is 434. The minimum Gasteiger partial charge on any atom is -0.478 e. The molecule has 0 amide bonds. The van der Waals surface area contributed by atoms with Crippen molar-refractivity contribution in [3.63, 3.8) is 0 Å². The van der Waals surface area contributed by atoms with Crippen molar-refractivity contribution < 1.29 is 22.9 Å². The summed E-state index contributed by atoms with van der Waals surface area (Å²) < 4.78 is 25.2. The molecule has 0 aliphatic rings. The monoisotopic (exact) mass is 272 g/mol. The van der Waals surface area contributed by atoms with E-state index >= 15 is 0 Å². The first-order valence-corrected chi connectivity index (χ1v) is 6.01. The lowest BCUT2D eigenvalue weighted by Crippen LogP contribution is -1.95. The molecule has 0 saturated heterocycles. The Kier molecular flexibility index (Phi) is 5.59. The molecule has 84 valence electrons. The normalized spacial score (nSPS) is 10.1. The largest absolute Gasteiger partial charge is 0.478 e. The lowest BCUT2D eigenvalue weighted by molar-refractivity contribution is 0.0697. The molecule has 0 unspecified atom stereocenters. The lowest BCUT2D eigenvalue weighted by atomic mass is 10.2. The van der Waals surface area contributed by atoms with Crippen LogP contribution in [-0.2, 0) is 9.33 Å². The minimum atomic E-state index is -4.19. The lowest BCUT2D eigenvalue weighted by Gasteiger charge is -1.94. The van der Waals surface area contributed by atoms with Crippen molar-refractivity contribution >= 4 is 37.6 Å². The number of halogens is 2. The van der Waals surface area contributed by atoms with Gasteiger partial charge in [-0.1, -0.05) is 23.7 Å². The molecule has 1 aromatic carbocycles. The van der Waals surface area contributed by atoms with E-state index in [1.54, 1.807) is 18.2 Å². The van der Waals surface area contributed by atoms with E-state index in [-0.39, 0.29) is 10.6 Å². The Labute approximate surface area is 95.5 Å². The first-order valence-electron chi connectivity index (χ1n) is 3.36. The molecule has 0 aliphatic carbocycles. The third-order valence-electron chi connectivity index (χ3n) is 1.10. The Morgan fingerprint density at radius 1 is 1.27 bits per heavy atom. The van der Waals surface area contributed by atoms with E-state index in [0.717, 1.165) is 0 Å². The summed E-state index contributed by atoms with van der Waals surface area (Å²) in [5.74, 6) is -0.995. The van der Waals surface area contributed by atoms with Crippen molar-refractivity contribution in [2.24, 2.45) is 0 Å². The summed E-state index contributed by atoms with van der Waals surface area (Å²) in [6, 6.07) is 6.33. The van der Waals surface area contributed by atoms with Crippen LogP contribution in [0, 0.1) is 0 Å². The van der Waals surface area contributed by atoms with Gasteiger partial charge in [0.1, 0.15) is 0 Å². The van der Waals surface area contributed by atoms with Gasteiger partial charge in [-0.15, -0.1) is 0 Å². The first kappa shape index (κ1) is 14.2. The molecular weight excluding hydrogens is 267 g/mol. The first-order chi connectivity index (χ1) is 6.72. The number of carboxylic acid groups (broad SMARTS) is 1. The number of benzene rings is 1. The van der Waals surface area contributed by atoms with Gasteiger partial charge < -0.3 is 5.11 Å². The van der Waals surface area contributed by atoms with Crippen LogP contribution >= 0.6 is 22.3 Å². The zero-order valence-electron chi connectivity index (χ0n) is 7.09. The zero-order chi connectivity index (χ0) is 12.1. The summed E-state index contributed by atoms with van der Waals surface area (Å²) >= 11 is 5.54. The number of aromatic carboxylic acids is 1. The van der Waals surface area contributed by atoms with Crippen LogP contribution in [0.2, 0.25) is 5.02 Å². The summed E-state index contributed by atoms with van der Waals surface area (Å²) in [5.41, 5.74) is 0.143. The molecule has 0 saturated carbocycles. The number of hydrogen-bond acceptors (Lipinski definition) is 3. The molecule has 0 aromatic heterocycles. The van der Waals surface area contributed by atoms with E-state index in [2.05, 4.69) is 10.7 Å². The highest BCUT2D eigenvalue weighted by Crippen LogP contribution is 2.13. The Morgan fingerprint density at radius 3 is 1.93 bits per heavy atom. The van der Waals surface area contributed by atoms with Gasteiger partial charge in [-0.2, -0.15) is 8.42 Å². The van der Waals surface area contributed by atoms with Crippen LogP contribution in [0.25, 0.3) is 0 Å². The quantitative estimate of drug-likeness (QED) is 0.603. The fourth-order valence-corrected chi connectivity index (χ4v) is 0.851. The van der Waals surface area contributed by atoms with Gasteiger partial charge in [0.2, 0.25) is 0 Å². The average molecular weight is 273 g/mol. The average Bonchev–Trinajstić information content (AvgIpc) is 2.01. The highest BCUT2D eigenvalue weighted by Gasteiger charge is 2.04. The molecule has 0 spiro atoms. The number of rotatable bonds is 1. The van der Waals surface area contributed by atoms with E-state index < -0.39 is 15.3 Å². The van der Waals surface area contributed by atoms with E-state index in [0.29, 0.717) is 0 Å². The fourth-order valence-electron chi connectivity index (χ4n) is 0.635. The molecule has 0 aliphatic heterocycles. The van der Waals surface area contributed by atoms with Gasteiger partial charge in [-0.25, -0.2) is 4.79 Å². The number of hydrogen-bond donors (Lipinski definition) is 2. The fraction of sp³-hybridized carbons (Fsp3) is 0. The number of carboxylic acids is 1. The standard InChI is InChI=1S/C7H5ClO2.ClHO3S/c8-6-4-2-1-3-5(6)7(9)10;1-5(2,3)4/h1-4H,(H,9,10);(H,2,3,4). The highest BCUT2D eigenvalue weighted by molar-refractivity contribution is 8.09. The molecule has 0 fully saturated rings. The molecule has 0 radical (unpaired) electrons. The molecule has 8 heteroatoms. The van der Waals surface area contributed by atoms with Crippen LogP contribution in [-0.4, -0.2) is 24.0 Å². The minimum absolute atomic E-state index is 0.143. The van der Waals surface area contributed by atoms with E-state index in [1.165, 1.54) is 6.07 Å². The van der Waals surface area contributed by atoms with Crippen LogP contribution in [0.1, 0.15) is 10.4 Å². The van der Waals surface area contributed by atoms with Crippen LogP contribution in [0.5, 0.6) is 0 Å². The van der Waals surface area contributed by atoms with Crippen molar-refractivity contribution in [3.05, 3.63) is 34.9 Å². The van der Waals surface area contributed by atoms with Crippen LogP contribution in [0.15, 0.2) is 24.3 Å². The van der Waals surface area contributed by atoms with E-state index in [9.17, 15) is 4.79 Å². The SMILES string of the molecule is O=C(O)c1ccccc1Cl.O=S(=O)(O)Cl. The molecular formula is C7H6Cl2O5S. The van der Waals surface area contributed by atoms with Gasteiger partial charge >= 0.3 is 15.3 Å². The molecule has 5 nitrogen and oxygen atoms in total. The maximum absolute atomic E-state index is 10.3. The summed E-state index contributed by atoms with van der Waals surface area (Å²) in [6.45, 7) is 0. The predicted molar refractivity (Wildman–Crippen MR) is 55.8 cm³/mol. The second-order valence-electron chi connectivity index (χ2n) is 2.20. The Morgan fingerprint density at radius 2 is 1.67 bits per heavy atom. The second-order valence-corrected chi connectivity index (χ2v) is 4.60. The topological polar surface area (TPSA) is 91.7 Å². The summed E-state index contributed by atoms with van der Waals surface area (Å²) in [7, 11) is -0.137. The second kappa shape index (κ2) is 5.92. The zero-order valence-corrected chi connectivity index (χ0v) is 9.42. The van der Waals surface area contributed by atoms with Crippen molar-refractivity contribution in [2.45, 2.75) is 0 Å². The molecule has 2 N–H and O–H groups in total. The van der Waals surface area contributed by atoms with Gasteiger partial charge in [0, 0.05) is 10.7 Å². The highest BCUT2D eigenvalue weighted by atomic mass is 35.7. The van der Waals surface area contributed by atoms with Crippen molar-refractivity contribution in [1.82, 2.24) is 0 Å². The molecule has 0 heterocycles. The Hall–Kier alpha value is -0.820. The van der Waals surface area contributed by atoms with Gasteiger partial charge in [-0.05, 0) is 12.1 Å². The molecule has 0 atom stereocenters.